The topological polar surface area (TPSA) is 61.4 Å². The average molecular weight is 244 g/mol. The van der Waals surface area contributed by atoms with E-state index in [1.807, 2.05) is 7.05 Å². The highest BCUT2D eigenvalue weighted by Gasteiger charge is 2.25. The number of amides is 1. The maximum Gasteiger partial charge on any atom is 0.220 e. The van der Waals surface area contributed by atoms with Gasteiger partial charge in [-0.05, 0) is 44.7 Å². The van der Waals surface area contributed by atoms with E-state index in [4.69, 9.17) is 5.11 Å². The second-order valence-electron chi connectivity index (χ2n) is 4.66. The van der Waals surface area contributed by atoms with Crippen LogP contribution in [0, 0.1) is 5.41 Å². The number of aliphatic hydroxyl groups is 1. The van der Waals surface area contributed by atoms with Crippen LogP contribution in [0.15, 0.2) is 0 Å². The zero-order valence-corrected chi connectivity index (χ0v) is 11.5. The van der Waals surface area contributed by atoms with Crippen LogP contribution in [-0.4, -0.2) is 37.8 Å². The molecular weight excluding hydrogens is 216 g/mol. The molecule has 0 unspecified atom stereocenters. The van der Waals surface area contributed by atoms with Gasteiger partial charge in [0.05, 0.1) is 0 Å². The van der Waals surface area contributed by atoms with Crippen molar-refractivity contribution in [2.45, 2.75) is 46.0 Å². The van der Waals surface area contributed by atoms with Gasteiger partial charge in [-0.25, -0.2) is 0 Å². The van der Waals surface area contributed by atoms with Gasteiger partial charge in [-0.15, -0.1) is 0 Å². The van der Waals surface area contributed by atoms with Gasteiger partial charge in [-0.3, -0.25) is 4.79 Å². The fourth-order valence-corrected chi connectivity index (χ4v) is 1.98. The molecule has 0 saturated carbocycles. The first-order valence-corrected chi connectivity index (χ1v) is 6.66. The van der Waals surface area contributed by atoms with E-state index in [1.54, 1.807) is 0 Å². The van der Waals surface area contributed by atoms with E-state index in [2.05, 4.69) is 24.5 Å². The second kappa shape index (κ2) is 9.42. The van der Waals surface area contributed by atoms with Gasteiger partial charge in [0, 0.05) is 19.6 Å². The molecule has 4 nitrogen and oxygen atoms in total. The standard InChI is InChI=1S/C13H28N2O2/c1-4-13(5-2,8-10-16)11-15-12(17)7-6-9-14-3/h14,16H,4-11H2,1-3H3,(H,15,17). The second-order valence-corrected chi connectivity index (χ2v) is 4.66. The summed E-state index contributed by atoms with van der Waals surface area (Å²) in [5, 5.41) is 15.1. The summed E-state index contributed by atoms with van der Waals surface area (Å²) < 4.78 is 0. The summed E-state index contributed by atoms with van der Waals surface area (Å²) in [4.78, 5) is 11.6. The molecule has 0 aliphatic rings. The van der Waals surface area contributed by atoms with Crippen LogP contribution in [0.3, 0.4) is 0 Å². The van der Waals surface area contributed by atoms with Gasteiger partial charge < -0.3 is 15.7 Å². The Hall–Kier alpha value is -0.610. The normalized spacial score (nSPS) is 11.5. The third-order valence-corrected chi connectivity index (χ3v) is 3.63. The number of hydrogen-bond acceptors (Lipinski definition) is 3. The summed E-state index contributed by atoms with van der Waals surface area (Å²) in [5.41, 5.74) is 0.0629. The monoisotopic (exact) mass is 244 g/mol. The van der Waals surface area contributed by atoms with E-state index in [1.165, 1.54) is 0 Å². The molecule has 0 rings (SSSR count). The van der Waals surface area contributed by atoms with Crippen LogP contribution in [0.5, 0.6) is 0 Å². The van der Waals surface area contributed by atoms with Gasteiger partial charge in [0.1, 0.15) is 0 Å². The third kappa shape index (κ3) is 6.64. The zero-order chi connectivity index (χ0) is 13.1. The lowest BCUT2D eigenvalue weighted by atomic mass is 9.79. The number of nitrogens with one attached hydrogen (secondary N) is 2. The average Bonchev–Trinajstić information content (AvgIpc) is 2.35. The van der Waals surface area contributed by atoms with Crippen molar-refractivity contribution in [2.24, 2.45) is 5.41 Å². The molecule has 0 saturated heterocycles. The lowest BCUT2D eigenvalue weighted by molar-refractivity contribution is -0.121. The first kappa shape index (κ1) is 16.4. The number of hydrogen-bond donors (Lipinski definition) is 3. The molecule has 17 heavy (non-hydrogen) atoms. The molecule has 0 atom stereocenters. The Kier molecular flexibility index (Phi) is 9.09. The first-order chi connectivity index (χ1) is 8.14. The van der Waals surface area contributed by atoms with Crippen molar-refractivity contribution in [2.75, 3.05) is 26.7 Å². The molecule has 1 amide bonds. The minimum Gasteiger partial charge on any atom is -0.396 e. The number of aliphatic hydroxyl groups excluding tert-OH is 1. The summed E-state index contributed by atoms with van der Waals surface area (Å²) in [5.74, 6) is 0.115. The SMILES string of the molecule is CCC(CC)(CCO)CNC(=O)CCCNC. The van der Waals surface area contributed by atoms with Crippen LogP contribution in [-0.2, 0) is 4.79 Å². The van der Waals surface area contributed by atoms with Crippen LogP contribution in [0.1, 0.15) is 46.0 Å². The Balaban J connectivity index is 3.99. The lowest BCUT2D eigenvalue weighted by Gasteiger charge is -2.31. The Morgan fingerprint density at radius 3 is 2.41 bits per heavy atom. The lowest BCUT2D eigenvalue weighted by Crippen LogP contribution is -2.37. The van der Waals surface area contributed by atoms with Gasteiger partial charge >= 0.3 is 0 Å². The molecule has 0 radical (unpaired) electrons. The van der Waals surface area contributed by atoms with E-state index >= 15 is 0 Å². The summed E-state index contributed by atoms with van der Waals surface area (Å²) >= 11 is 0. The zero-order valence-electron chi connectivity index (χ0n) is 11.5. The van der Waals surface area contributed by atoms with Gasteiger partial charge in [-0.2, -0.15) is 0 Å². The molecule has 0 spiro atoms. The van der Waals surface area contributed by atoms with Crippen molar-refractivity contribution in [1.29, 1.82) is 0 Å². The molecule has 3 N–H and O–H groups in total. The Morgan fingerprint density at radius 2 is 1.94 bits per heavy atom. The molecular formula is C13H28N2O2. The highest BCUT2D eigenvalue weighted by atomic mass is 16.3. The fraction of sp³-hybridized carbons (Fsp3) is 0.923. The van der Waals surface area contributed by atoms with Crippen molar-refractivity contribution in [3.8, 4) is 0 Å². The van der Waals surface area contributed by atoms with Crippen LogP contribution in [0.2, 0.25) is 0 Å². The van der Waals surface area contributed by atoms with Crippen molar-refractivity contribution >= 4 is 5.91 Å². The molecule has 0 aliphatic heterocycles. The molecule has 102 valence electrons. The van der Waals surface area contributed by atoms with Crippen LogP contribution >= 0.6 is 0 Å². The van der Waals surface area contributed by atoms with E-state index in [0.29, 0.717) is 13.0 Å². The van der Waals surface area contributed by atoms with Gasteiger partial charge in [0.2, 0.25) is 5.91 Å². The Bertz CT molecular complexity index is 204. The summed E-state index contributed by atoms with van der Waals surface area (Å²) in [7, 11) is 1.89. The number of carbonyl (C=O) groups is 1. The molecule has 0 aromatic carbocycles. The fourth-order valence-electron chi connectivity index (χ4n) is 1.98. The van der Waals surface area contributed by atoms with Crippen molar-refractivity contribution in [3.05, 3.63) is 0 Å². The minimum absolute atomic E-state index is 0.0629. The Morgan fingerprint density at radius 1 is 1.29 bits per heavy atom. The molecule has 0 bridgehead atoms. The van der Waals surface area contributed by atoms with E-state index in [9.17, 15) is 4.79 Å². The molecule has 0 aromatic rings. The van der Waals surface area contributed by atoms with Crippen molar-refractivity contribution < 1.29 is 9.90 Å². The highest BCUT2D eigenvalue weighted by Crippen LogP contribution is 2.29. The van der Waals surface area contributed by atoms with Crippen LogP contribution < -0.4 is 10.6 Å². The van der Waals surface area contributed by atoms with E-state index < -0.39 is 0 Å². The largest absolute Gasteiger partial charge is 0.396 e. The number of rotatable bonds is 10. The smallest absolute Gasteiger partial charge is 0.220 e. The van der Waals surface area contributed by atoms with E-state index in [-0.39, 0.29) is 17.9 Å². The van der Waals surface area contributed by atoms with Crippen LogP contribution in [0.25, 0.3) is 0 Å². The van der Waals surface area contributed by atoms with Crippen molar-refractivity contribution in [1.82, 2.24) is 10.6 Å². The predicted octanol–water partition coefficient (Wildman–Crippen LogP) is 1.29. The van der Waals surface area contributed by atoms with Crippen molar-refractivity contribution in [3.63, 3.8) is 0 Å². The van der Waals surface area contributed by atoms with Crippen LogP contribution in [0.4, 0.5) is 0 Å². The summed E-state index contributed by atoms with van der Waals surface area (Å²) in [6.07, 6.45) is 4.18. The quantitative estimate of drug-likeness (QED) is 0.508. The molecule has 0 aromatic heterocycles. The summed E-state index contributed by atoms with van der Waals surface area (Å²) in [6, 6.07) is 0. The molecule has 0 fully saturated rings. The van der Waals surface area contributed by atoms with E-state index in [0.717, 1.165) is 32.2 Å². The summed E-state index contributed by atoms with van der Waals surface area (Å²) in [6.45, 7) is 5.98. The molecule has 4 heteroatoms. The number of carbonyl (C=O) groups excluding carboxylic acids is 1. The van der Waals surface area contributed by atoms with Gasteiger partial charge in [0.25, 0.3) is 0 Å². The minimum atomic E-state index is 0.0629. The molecule has 0 heterocycles. The molecule has 0 aliphatic carbocycles. The maximum atomic E-state index is 11.6. The first-order valence-electron chi connectivity index (χ1n) is 6.66. The maximum absolute atomic E-state index is 11.6. The predicted molar refractivity (Wildman–Crippen MR) is 70.9 cm³/mol. The van der Waals surface area contributed by atoms with Gasteiger partial charge in [-0.1, -0.05) is 13.8 Å². The van der Waals surface area contributed by atoms with Gasteiger partial charge in [0.15, 0.2) is 0 Å². The highest BCUT2D eigenvalue weighted by molar-refractivity contribution is 5.75. The Labute approximate surface area is 105 Å². The third-order valence-electron chi connectivity index (χ3n) is 3.63.